The van der Waals surface area contributed by atoms with E-state index >= 15 is 0 Å². The number of halogens is 1. The van der Waals surface area contributed by atoms with Gasteiger partial charge in [-0.25, -0.2) is 0 Å². The molecule has 2 heterocycles. The number of hydrogen-bond acceptors (Lipinski definition) is 7. The minimum atomic E-state index is -0.00201. The lowest BCUT2D eigenvalue weighted by molar-refractivity contribution is -0.131. The number of thioether (sulfide) groups is 1. The van der Waals surface area contributed by atoms with Gasteiger partial charge in [-0.3, -0.25) is 4.79 Å². The molecule has 0 saturated carbocycles. The molecule has 0 N–H and O–H groups in total. The predicted octanol–water partition coefficient (Wildman–Crippen LogP) is 4.67. The molecular formula is C20H23ClN4O3S. The van der Waals surface area contributed by atoms with Gasteiger partial charge in [-0.05, 0) is 39.8 Å². The van der Waals surface area contributed by atoms with Crippen LogP contribution in [0, 0.1) is 13.8 Å². The van der Waals surface area contributed by atoms with E-state index in [1.807, 2.05) is 45.9 Å². The molecule has 0 saturated heterocycles. The van der Waals surface area contributed by atoms with E-state index in [0.717, 1.165) is 17.0 Å². The van der Waals surface area contributed by atoms with Crippen molar-refractivity contribution in [3.05, 3.63) is 52.2 Å². The van der Waals surface area contributed by atoms with Gasteiger partial charge in [-0.15, -0.1) is 22.0 Å². The van der Waals surface area contributed by atoms with Crippen LogP contribution in [0.3, 0.4) is 0 Å². The molecule has 0 aliphatic heterocycles. The molecule has 7 nitrogen and oxygen atoms in total. The average Bonchev–Trinajstić information content (AvgIpc) is 3.27. The number of amides is 1. The summed E-state index contributed by atoms with van der Waals surface area (Å²) in [6.07, 6.45) is 0. The number of rotatable bonds is 8. The fourth-order valence-corrected chi connectivity index (χ4v) is 4.07. The second-order valence-corrected chi connectivity index (χ2v) is 8.28. The molecule has 0 aliphatic carbocycles. The van der Waals surface area contributed by atoms with E-state index in [1.54, 1.807) is 11.0 Å². The summed E-state index contributed by atoms with van der Waals surface area (Å²) in [4.78, 5) is 14.5. The summed E-state index contributed by atoms with van der Waals surface area (Å²) in [7, 11) is 0. The van der Waals surface area contributed by atoms with Crippen molar-refractivity contribution < 1.29 is 13.7 Å². The lowest BCUT2D eigenvalue weighted by Crippen LogP contribution is -2.37. The van der Waals surface area contributed by atoms with Crippen molar-refractivity contribution in [3.8, 4) is 11.5 Å². The van der Waals surface area contributed by atoms with Crippen LogP contribution in [0.2, 0.25) is 5.02 Å². The van der Waals surface area contributed by atoms with Crippen LogP contribution in [0.25, 0.3) is 11.5 Å². The minimum absolute atomic E-state index is 0.00201. The van der Waals surface area contributed by atoms with Crippen molar-refractivity contribution in [3.63, 3.8) is 0 Å². The molecule has 1 amide bonds. The Kier molecular flexibility index (Phi) is 6.97. The van der Waals surface area contributed by atoms with Gasteiger partial charge < -0.3 is 13.8 Å². The van der Waals surface area contributed by atoms with E-state index in [9.17, 15) is 4.79 Å². The number of aromatic nitrogens is 3. The minimum Gasteiger partial charge on any atom is -0.419 e. The van der Waals surface area contributed by atoms with Crippen molar-refractivity contribution in [2.45, 2.75) is 46.0 Å². The van der Waals surface area contributed by atoms with Gasteiger partial charge in [0, 0.05) is 17.4 Å². The fourth-order valence-electron chi connectivity index (χ4n) is 2.80. The summed E-state index contributed by atoms with van der Waals surface area (Å²) in [6.45, 7) is 7.95. The molecular weight excluding hydrogens is 412 g/mol. The highest BCUT2D eigenvalue weighted by Crippen LogP contribution is 2.27. The third-order valence-corrected chi connectivity index (χ3v) is 5.75. The third-order valence-electron chi connectivity index (χ3n) is 4.47. The van der Waals surface area contributed by atoms with Crippen molar-refractivity contribution in [1.82, 2.24) is 20.3 Å². The van der Waals surface area contributed by atoms with Crippen LogP contribution in [0.1, 0.15) is 36.8 Å². The molecule has 3 aromatic rings. The number of carbonyl (C=O) groups excluding carboxylic acids is 1. The van der Waals surface area contributed by atoms with Crippen molar-refractivity contribution in [2.75, 3.05) is 5.75 Å². The molecule has 29 heavy (non-hydrogen) atoms. The first-order chi connectivity index (χ1) is 13.9. The normalized spacial score (nSPS) is 11.2. The SMILES string of the molecule is Cc1noc(C)c1CSCC(=O)N(Cc1nnc(-c2ccccc2Cl)o1)C(C)C. The summed E-state index contributed by atoms with van der Waals surface area (Å²) >= 11 is 7.72. The lowest BCUT2D eigenvalue weighted by Gasteiger charge is -2.25. The van der Waals surface area contributed by atoms with E-state index in [2.05, 4.69) is 15.4 Å². The highest BCUT2D eigenvalue weighted by Gasteiger charge is 2.21. The zero-order valence-corrected chi connectivity index (χ0v) is 18.4. The summed E-state index contributed by atoms with van der Waals surface area (Å²) in [5.41, 5.74) is 2.58. The molecule has 0 atom stereocenters. The molecule has 0 unspecified atom stereocenters. The Labute approximate surface area is 178 Å². The second-order valence-electron chi connectivity index (χ2n) is 6.89. The standard InChI is InChI=1S/C20H23ClN4O3S/c1-12(2)25(19(26)11-29-10-16-13(3)24-28-14(16)4)9-18-22-23-20(27-18)15-7-5-6-8-17(15)21/h5-8,12H,9-11H2,1-4H3. The van der Waals surface area contributed by atoms with Crippen LogP contribution >= 0.6 is 23.4 Å². The quantitative estimate of drug-likeness (QED) is 0.509. The number of benzene rings is 1. The topological polar surface area (TPSA) is 85.3 Å². The van der Waals surface area contributed by atoms with Crippen LogP contribution in [-0.2, 0) is 17.1 Å². The predicted molar refractivity (Wildman–Crippen MR) is 113 cm³/mol. The summed E-state index contributed by atoms with van der Waals surface area (Å²) in [5.74, 6) is 2.53. The first kappa shape index (κ1) is 21.4. The van der Waals surface area contributed by atoms with Gasteiger partial charge >= 0.3 is 0 Å². The highest BCUT2D eigenvalue weighted by molar-refractivity contribution is 7.99. The van der Waals surface area contributed by atoms with E-state index in [1.165, 1.54) is 11.8 Å². The summed E-state index contributed by atoms with van der Waals surface area (Å²) in [5, 5.41) is 12.6. The van der Waals surface area contributed by atoms with E-state index < -0.39 is 0 Å². The molecule has 2 aromatic heterocycles. The second kappa shape index (κ2) is 9.45. The maximum atomic E-state index is 12.8. The number of carbonyl (C=O) groups is 1. The van der Waals surface area contributed by atoms with Crippen LogP contribution in [-0.4, -0.2) is 38.0 Å². The van der Waals surface area contributed by atoms with Gasteiger partial charge in [0.15, 0.2) is 0 Å². The zero-order chi connectivity index (χ0) is 21.0. The molecule has 0 spiro atoms. The summed E-state index contributed by atoms with van der Waals surface area (Å²) < 4.78 is 10.9. The van der Waals surface area contributed by atoms with Gasteiger partial charge in [-0.2, -0.15) is 0 Å². The molecule has 1 aromatic carbocycles. The van der Waals surface area contributed by atoms with Crippen LogP contribution in [0.5, 0.6) is 0 Å². The van der Waals surface area contributed by atoms with Gasteiger partial charge in [0.05, 0.1) is 28.6 Å². The molecule has 0 bridgehead atoms. The molecule has 0 aliphatic rings. The maximum absolute atomic E-state index is 12.8. The molecule has 9 heteroatoms. The summed E-state index contributed by atoms with van der Waals surface area (Å²) in [6, 6.07) is 7.27. The van der Waals surface area contributed by atoms with Crippen molar-refractivity contribution in [2.24, 2.45) is 0 Å². The number of hydrogen-bond donors (Lipinski definition) is 0. The molecule has 3 rings (SSSR count). The Morgan fingerprint density at radius 2 is 2.00 bits per heavy atom. The molecule has 0 fully saturated rings. The van der Waals surface area contributed by atoms with Crippen LogP contribution in [0.4, 0.5) is 0 Å². The average molecular weight is 435 g/mol. The molecule has 154 valence electrons. The largest absolute Gasteiger partial charge is 0.419 e. The van der Waals surface area contributed by atoms with E-state index in [0.29, 0.717) is 33.9 Å². The smallest absolute Gasteiger partial charge is 0.249 e. The van der Waals surface area contributed by atoms with Gasteiger partial charge in [0.25, 0.3) is 0 Å². The zero-order valence-electron chi connectivity index (χ0n) is 16.8. The first-order valence-electron chi connectivity index (χ1n) is 9.23. The number of nitrogens with zero attached hydrogens (tertiary/aromatic N) is 4. The Balaban J connectivity index is 1.63. The van der Waals surface area contributed by atoms with Gasteiger partial charge in [0.1, 0.15) is 5.76 Å². The monoisotopic (exact) mass is 434 g/mol. The van der Waals surface area contributed by atoms with Crippen LogP contribution in [0.15, 0.2) is 33.2 Å². The fraction of sp³-hybridized carbons (Fsp3) is 0.400. The van der Waals surface area contributed by atoms with Gasteiger partial charge in [0.2, 0.25) is 17.7 Å². The first-order valence-corrected chi connectivity index (χ1v) is 10.8. The van der Waals surface area contributed by atoms with Crippen molar-refractivity contribution >= 4 is 29.3 Å². The lowest BCUT2D eigenvalue weighted by atomic mass is 10.2. The van der Waals surface area contributed by atoms with E-state index in [-0.39, 0.29) is 18.5 Å². The van der Waals surface area contributed by atoms with Crippen LogP contribution < -0.4 is 0 Å². The Bertz CT molecular complexity index is 966. The number of aryl methyl sites for hydroxylation is 2. The van der Waals surface area contributed by atoms with E-state index in [4.69, 9.17) is 20.5 Å². The maximum Gasteiger partial charge on any atom is 0.249 e. The van der Waals surface area contributed by atoms with Crippen molar-refractivity contribution in [1.29, 1.82) is 0 Å². The molecule has 0 radical (unpaired) electrons. The Morgan fingerprint density at radius 1 is 1.24 bits per heavy atom. The Morgan fingerprint density at radius 3 is 2.66 bits per heavy atom. The third kappa shape index (κ3) is 5.19. The van der Waals surface area contributed by atoms with Gasteiger partial charge in [-0.1, -0.05) is 28.9 Å². The highest BCUT2D eigenvalue weighted by atomic mass is 35.5. The Hall–Kier alpha value is -2.32.